The first kappa shape index (κ1) is 9.25. The summed E-state index contributed by atoms with van der Waals surface area (Å²) in [6.45, 7) is 4.02. The number of para-hydroxylation sites is 1. The van der Waals surface area contributed by atoms with Gasteiger partial charge in [-0.25, -0.2) is 0 Å². The number of carbonyl (C=O) groups excluding carboxylic acids is 1. The molecule has 2 rings (SSSR count). The number of aryl methyl sites for hydroxylation is 1. The van der Waals surface area contributed by atoms with Crippen LogP contribution in [-0.2, 0) is 0 Å². The SMILES string of the molecule is CCC1CC(=O)c2cccc(C)c2O1. The molecule has 0 N–H and O–H groups in total. The largest absolute Gasteiger partial charge is 0.489 e. The maximum Gasteiger partial charge on any atom is 0.170 e. The van der Waals surface area contributed by atoms with Crippen LogP contribution in [0.5, 0.6) is 5.75 Å². The second kappa shape index (κ2) is 3.45. The molecule has 0 fully saturated rings. The fourth-order valence-corrected chi connectivity index (χ4v) is 1.78. The van der Waals surface area contributed by atoms with Crippen LogP contribution in [-0.4, -0.2) is 11.9 Å². The van der Waals surface area contributed by atoms with Crippen LogP contribution in [0.3, 0.4) is 0 Å². The molecule has 0 spiro atoms. The molecule has 0 amide bonds. The Labute approximate surface area is 83.9 Å². The predicted octanol–water partition coefficient (Wildman–Crippen LogP) is 2.74. The molecule has 0 saturated heterocycles. The van der Waals surface area contributed by atoms with Gasteiger partial charge in [-0.1, -0.05) is 19.1 Å². The normalized spacial score (nSPS) is 20.1. The minimum absolute atomic E-state index is 0.0658. The fourth-order valence-electron chi connectivity index (χ4n) is 1.78. The Bertz CT molecular complexity index is 369. The Kier molecular flexibility index (Phi) is 2.28. The summed E-state index contributed by atoms with van der Waals surface area (Å²) in [6, 6.07) is 5.72. The predicted molar refractivity (Wildman–Crippen MR) is 54.8 cm³/mol. The maximum absolute atomic E-state index is 11.7. The summed E-state index contributed by atoms with van der Waals surface area (Å²) in [5.41, 5.74) is 1.80. The molecule has 0 bridgehead atoms. The summed E-state index contributed by atoms with van der Waals surface area (Å²) in [5, 5.41) is 0. The number of carbonyl (C=O) groups is 1. The van der Waals surface area contributed by atoms with Gasteiger partial charge in [0.2, 0.25) is 0 Å². The van der Waals surface area contributed by atoms with Crippen LogP contribution >= 0.6 is 0 Å². The number of ether oxygens (including phenoxy) is 1. The van der Waals surface area contributed by atoms with E-state index in [4.69, 9.17) is 4.74 Å². The molecule has 2 nitrogen and oxygen atoms in total. The standard InChI is InChI=1S/C12H14O2/c1-3-9-7-11(13)10-6-4-5-8(2)12(10)14-9/h4-6,9H,3,7H2,1-2H3. The summed E-state index contributed by atoms with van der Waals surface area (Å²) in [6.07, 6.45) is 1.48. The molecule has 0 aromatic heterocycles. The van der Waals surface area contributed by atoms with Crippen LogP contribution in [0.4, 0.5) is 0 Å². The number of Topliss-reactive ketones (excluding diaryl/α,β-unsaturated/α-hetero) is 1. The van der Waals surface area contributed by atoms with Crippen molar-refractivity contribution in [2.24, 2.45) is 0 Å². The van der Waals surface area contributed by atoms with E-state index in [0.717, 1.165) is 23.3 Å². The van der Waals surface area contributed by atoms with Crippen molar-refractivity contribution in [3.8, 4) is 5.75 Å². The lowest BCUT2D eigenvalue weighted by molar-refractivity contribution is 0.0844. The van der Waals surface area contributed by atoms with E-state index in [1.165, 1.54) is 0 Å². The van der Waals surface area contributed by atoms with Crippen LogP contribution in [0.25, 0.3) is 0 Å². The number of rotatable bonds is 1. The van der Waals surface area contributed by atoms with Gasteiger partial charge in [0.05, 0.1) is 5.56 Å². The highest BCUT2D eigenvalue weighted by Gasteiger charge is 2.25. The summed E-state index contributed by atoms with van der Waals surface area (Å²) in [5.74, 6) is 0.998. The molecule has 74 valence electrons. The van der Waals surface area contributed by atoms with E-state index in [-0.39, 0.29) is 11.9 Å². The molecule has 0 radical (unpaired) electrons. The van der Waals surface area contributed by atoms with Crippen molar-refractivity contribution in [3.05, 3.63) is 29.3 Å². The summed E-state index contributed by atoms with van der Waals surface area (Å²) in [7, 11) is 0. The summed E-state index contributed by atoms with van der Waals surface area (Å²) >= 11 is 0. The Balaban J connectivity index is 2.45. The first-order valence-corrected chi connectivity index (χ1v) is 5.02. The van der Waals surface area contributed by atoms with Crippen LogP contribution < -0.4 is 4.74 Å². The molecule has 0 aliphatic carbocycles. The van der Waals surface area contributed by atoms with Gasteiger partial charge < -0.3 is 4.74 Å². The van der Waals surface area contributed by atoms with Crippen LogP contribution in [0.1, 0.15) is 35.7 Å². The number of fused-ring (bicyclic) bond motifs is 1. The van der Waals surface area contributed by atoms with Crippen molar-refractivity contribution >= 4 is 5.78 Å². The summed E-state index contributed by atoms with van der Waals surface area (Å²) < 4.78 is 5.76. The Morgan fingerprint density at radius 1 is 1.50 bits per heavy atom. The molecule has 0 saturated carbocycles. The molecule has 2 heteroatoms. The molecule has 1 aromatic rings. The molecule has 1 aliphatic heterocycles. The van der Waals surface area contributed by atoms with Crippen LogP contribution in [0, 0.1) is 6.92 Å². The topological polar surface area (TPSA) is 26.3 Å². The van der Waals surface area contributed by atoms with E-state index in [0.29, 0.717) is 6.42 Å². The molecule has 1 atom stereocenters. The first-order valence-electron chi connectivity index (χ1n) is 5.02. The van der Waals surface area contributed by atoms with E-state index < -0.39 is 0 Å². The van der Waals surface area contributed by atoms with E-state index in [2.05, 4.69) is 0 Å². The van der Waals surface area contributed by atoms with E-state index in [1.54, 1.807) is 0 Å². The van der Waals surface area contributed by atoms with Crippen LogP contribution in [0.2, 0.25) is 0 Å². The van der Waals surface area contributed by atoms with Crippen molar-refractivity contribution in [2.75, 3.05) is 0 Å². The first-order chi connectivity index (χ1) is 6.72. The molecule has 1 aliphatic rings. The van der Waals surface area contributed by atoms with Crippen molar-refractivity contribution < 1.29 is 9.53 Å². The third kappa shape index (κ3) is 1.41. The zero-order chi connectivity index (χ0) is 10.1. The van der Waals surface area contributed by atoms with Gasteiger partial charge in [-0.15, -0.1) is 0 Å². The van der Waals surface area contributed by atoms with E-state index >= 15 is 0 Å². The number of ketones is 1. The highest BCUT2D eigenvalue weighted by molar-refractivity contribution is 6.00. The Hall–Kier alpha value is -1.31. The zero-order valence-corrected chi connectivity index (χ0v) is 8.54. The van der Waals surface area contributed by atoms with Crippen molar-refractivity contribution in [3.63, 3.8) is 0 Å². The van der Waals surface area contributed by atoms with Gasteiger partial charge in [0.1, 0.15) is 11.9 Å². The lowest BCUT2D eigenvalue weighted by Gasteiger charge is -2.25. The molecule has 14 heavy (non-hydrogen) atoms. The monoisotopic (exact) mass is 190 g/mol. The van der Waals surface area contributed by atoms with Gasteiger partial charge in [0.25, 0.3) is 0 Å². The van der Waals surface area contributed by atoms with Crippen molar-refractivity contribution in [1.82, 2.24) is 0 Å². The second-order valence-corrected chi connectivity index (χ2v) is 3.73. The minimum atomic E-state index is 0.0658. The minimum Gasteiger partial charge on any atom is -0.489 e. The molecule has 1 aromatic carbocycles. The quantitative estimate of drug-likeness (QED) is 0.680. The third-order valence-corrected chi connectivity index (χ3v) is 2.67. The third-order valence-electron chi connectivity index (χ3n) is 2.67. The molecule has 1 unspecified atom stereocenters. The number of benzene rings is 1. The Morgan fingerprint density at radius 2 is 2.29 bits per heavy atom. The molecular formula is C12H14O2. The second-order valence-electron chi connectivity index (χ2n) is 3.73. The molecule has 1 heterocycles. The summed E-state index contributed by atoms with van der Waals surface area (Å²) in [4.78, 5) is 11.7. The van der Waals surface area contributed by atoms with Crippen LogP contribution in [0.15, 0.2) is 18.2 Å². The lowest BCUT2D eigenvalue weighted by atomic mass is 9.97. The van der Waals surface area contributed by atoms with Crippen molar-refractivity contribution in [2.45, 2.75) is 32.8 Å². The highest BCUT2D eigenvalue weighted by atomic mass is 16.5. The number of hydrogen-bond donors (Lipinski definition) is 0. The average Bonchev–Trinajstić information content (AvgIpc) is 2.19. The van der Waals surface area contributed by atoms with Gasteiger partial charge in [-0.2, -0.15) is 0 Å². The molecular weight excluding hydrogens is 176 g/mol. The van der Waals surface area contributed by atoms with E-state index in [1.807, 2.05) is 32.0 Å². The lowest BCUT2D eigenvalue weighted by Crippen LogP contribution is -2.26. The highest BCUT2D eigenvalue weighted by Crippen LogP contribution is 2.31. The van der Waals surface area contributed by atoms with Gasteiger partial charge in [-0.05, 0) is 25.0 Å². The maximum atomic E-state index is 11.7. The zero-order valence-electron chi connectivity index (χ0n) is 8.54. The smallest absolute Gasteiger partial charge is 0.170 e. The fraction of sp³-hybridized carbons (Fsp3) is 0.417. The van der Waals surface area contributed by atoms with Gasteiger partial charge in [-0.3, -0.25) is 4.79 Å². The number of hydrogen-bond acceptors (Lipinski definition) is 2. The Morgan fingerprint density at radius 3 is 3.00 bits per heavy atom. The van der Waals surface area contributed by atoms with E-state index in [9.17, 15) is 4.79 Å². The van der Waals surface area contributed by atoms with Crippen molar-refractivity contribution in [1.29, 1.82) is 0 Å². The average molecular weight is 190 g/mol. The van der Waals surface area contributed by atoms with Gasteiger partial charge in [0.15, 0.2) is 5.78 Å². The van der Waals surface area contributed by atoms with Gasteiger partial charge >= 0.3 is 0 Å². The van der Waals surface area contributed by atoms with Gasteiger partial charge in [0, 0.05) is 6.42 Å².